The first-order chi connectivity index (χ1) is 13.2. The first-order valence-electron chi connectivity index (χ1n) is 8.61. The molecule has 0 spiro atoms. The van der Waals surface area contributed by atoms with Gasteiger partial charge in [0.25, 0.3) is 5.91 Å². The highest BCUT2D eigenvalue weighted by Crippen LogP contribution is 2.29. The molecule has 4 rings (SSSR count). The maximum Gasteiger partial charge on any atom is 0.253 e. The summed E-state index contributed by atoms with van der Waals surface area (Å²) in [7, 11) is 0. The van der Waals surface area contributed by atoms with E-state index in [-0.39, 0.29) is 18.5 Å². The molecule has 138 valence electrons. The lowest BCUT2D eigenvalue weighted by Gasteiger charge is -2.21. The predicted octanol–water partition coefficient (Wildman–Crippen LogP) is 2.85. The summed E-state index contributed by atoms with van der Waals surface area (Å²) in [6.07, 6.45) is 3.89. The van der Waals surface area contributed by atoms with Gasteiger partial charge in [-0.1, -0.05) is 12.1 Å². The zero-order valence-corrected chi connectivity index (χ0v) is 14.5. The van der Waals surface area contributed by atoms with E-state index in [1.165, 1.54) is 12.1 Å². The monoisotopic (exact) mass is 367 g/mol. The lowest BCUT2D eigenvalue weighted by molar-refractivity contribution is -0.0172. The van der Waals surface area contributed by atoms with Crippen LogP contribution in [0.1, 0.15) is 21.5 Å². The molecule has 0 fully saturated rings. The molecule has 6 nitrogen and oxygen atoms in total. The molecule has 2 aromatic carbocycles. The van der Waals surface area contributed by atoms with Gasteiger partial charge >= 0.3 is 0 Å². The van der Waals surface area contributed by atoms with Crippen LogP contribution in [-0.4, -0.2) is 29.0 Å². The third-order valence-electron chi connectivity index (χ3n) is 4.33. The number of nitrogens with one attached hydrogen (secondary N) is 1. The summed E-state index contributed by atoms with van der Waals surface area (Å²) in [5.41, 5.74) is 2.62. The minimum absolute atomic E-state index is 0.148. The number of fused-ring (bicyclic) bond motifs is 1. The number of carbonyl (C=O) groups is 1. The number of amides is 1. The topological polar surface area (TPSA) is 65.4 Å². The summed E-state index contributed by atoms with van der Waals surface area (Å²) < 4.78 is 26.1. The molecule has 1 amide bonds. The van der Waals surface area contributed by atoms with Crippen molar-refractivity contribution in [3.63, 3.8) is 0 Å². The average Bonchev–Trinajstić information content (AvgIpc) is 3.22. The summed E-state index contributed by atoms with van der Waals surface area (Å²) in [5.74, 6) is 0.0951. The SMILES string of the molecule is O=C(NCCc1cc(F)cc2c1OCOC2)c1ccccc1-n1cccn1. The summed E-state index contributed by atoms with van der Waals surface area (Å²) in [6.45, 7) is 0.825. The molecule has 7 heteroatoms. The maximum absolute atomic E-state index is 13.8. The molecule has 0 saturated carbocycles. The van der Waals surface area contributed by atoms with Gasteiger partial charge in [0.1, 0.15) is 11.6 Å². The number of hydrogen-bond donors (Lipinski definition) is 1. The number of hydrogen-bond acceptors (Lipinski definition) is 4. The van der Waals surface area contributed by atoms with Gasteiger partial charge in [-0.05, 0) is 42.3 Å². The second kappa shape index (κ2) is 7.59. The Labute approximate surface area is 155 Å². The normalized spacial score (nSPS) is 12.9. The highest BCUT2D eigenvalue weighted by atomic mass is 19.1. The lowest BCUT2D eigenvalue weighted by atomic mass is 10.1. The summed E-state index contributed by atoms with van der Waals surface area (Å²) in [6, 6.07) is 11.9. The Morgan fingerprint density at radius 1 is 1.26 bits per heavy atom. The van der Waals surface area contributed by atoms with Gasteiger partial charge in [-0.3, -0.25) is 4.79 Å². The largest absolute Gasteiger partial charge is 0.467 e. The molecule has 1 aliphatic heterocycles. The van der Waals surface area contributed by atoms with Crippen LogP contribution in [0.4, 0.5) is 4.39 Å². The van der Waals surface area contributed by atoms with Crippen LogP contribution in [-0.2, 0) is 17.8 Å². The Bertz CT molecular complexity index is 957. The van der Waals surface area contributed by atoms with Gasteiger partial charge in [0.05, 0.1) is 17.9 Å². The Morgan fingerprint density at radius 2 is 2.15 bits per heavy atom. The second-order valence-corrected chi connectivity index (χ2v) is 6.14. The van der Waals surface area contributed by atoms with Gasteiger partial charge in [0.2, 0.25) is 0 Å². The van der Waals surface area contributed by atoms with Crippen molar-refractivity contribution in [2.75, 3.05) is 13.3 Å². The third kappa shape index (κ3) is 3.68. The van der Waals surface area contributed by atoms with Crippen LogP contribution in [0.2, 0.25) is 0 Å². The molecule has 1 N–H and O–H groups in total. The molecule has 0 aliphatic carbocycles. The highest BCUT2D eigenvalue weighted by molar-refractivity contribution is 5.97. The molecule has 2 heterocycles. The van der Waals surface area contributed by atoms with Crippen molar-refractivity contribution in [3.05, 3.63) is 77.4 Å². The van der Waals surface area contributed by atoms with Crippen LogP contribution in [0, 0.1) is 5.82 Å². The van der Waals surface area contributed by atoms with Crippen molar-refractivity contribution in [2.24, 2.45) is 0 Å². The van der Waals surface area contributed by atoms with E-state index in [1.807, 2.05) is 12.1 Å². The van der Waals surface area contributed by atoms with E-state index in [9.17, 15) is 9.18 Å². The zero-order chi connectivity index (χ0) is 18.6. The van der Waals surface area contributed by atoms with Gasteiger partial charge in [-0.15, -0.1) is 0 Å². The van der Waals surface area contributed by atoms with E-state index in [2.05, 4.69) is 10.4 Å². The summed E-state index contributed by atoms with van der Waals surface area (Å²) in [4.78, 5) is 12.6. The Kier molecular flexibility index (Phi) is 4.84. The Morgan fingerprint density at radius 3 is 3.00 bits per heavy atom. The molecule has 0 unspecified atom stereocenters. The van der Waals surface area contributed by atoms with Crippen molar-refractivity contribution in [1.82, 2.24) is 15.1 Å². The highest BCUT2D eigenvalue weighted by Gasteiger charge is 2.17. The fourth-order valence-corrected chi connectivity index (χ4v) is 3.13. The van der Waals surface area contributed by atoms with Gasteiger partial charge < -0.3 is 14.8 Å². The quantitative estimate of drug-likeness (QED) is 0.753. The minimum atomic E-state index is -0.340. The fourth-order valence-electron chi connectivity index (χ4n) is 3.13. The first kappa shape index (κ1) is 17.2. The van der Waals surface area contributed by atoms with Crippen LogP contribution < -0.4 is 10.1 Å². The van der Waals surface area contributed by atoms with Crippen LogP contribution in [0.15, 0.2) is 54.9 Å². The standard InChI is InChI=1S/C20H18FN3O3/c21-16-10-14(19-15(11-16)12-26-13-27-19)6-8-22-20(25)17-4-1-2-5-18(17)24-9-3-7-23-24/h1-5,7,9-11H,6,8,12-13H2,(H,22,25). The molecular formula is C20H18FN3O3. The van der Waals surface area contributed by atoms with E-state index in [0.717, 1.165) is 0 Å². The van der Waals surface area contributed by atoms with Gasteiger partial charge in [0, 0.05) is 24.5 Å². The number of nitrogens with zero attached hydrogens (tertiary/aromatic N) is 2. The van der Waals surface area contributed by atoms with E-state index in [1.54, 1.807) is 35.3 Å². The second-order valence-electron chi connectivity index (χ2n) is 6.14. The molecule has 0 atom stereocenters. The molecule has 0 saturated heterocycles. The van der Waals surface area contributed by atoms with Crippen LogP contribution in [0.5, 0.6) is 5.75 Å². The van der Waals surface area contributed by atoms with Crippen molar-refractivity contribution >= 4 is 5.91 Å². The number of para-hydroxylation sites is 1. The number of benzene rings is 2. The zero-order valence-electron chi connectivity index (χ0n) is 14.5. The van der Waals surface area contributed by atoms with Crippen molar-refractivity contribution < 1.29 is 18.7 Å². The smallest absolute Gasteiger partial charge is 0.253 e. The average molecular weight is 367 g/mol. The maximum atomic E-state index is 13.8. The number of ether oxygens (including phenoxy) is 2. The Balaban J connectivity index is 1.47. The molecule has 0 bridgehead atoms. The molecule has 0 radical (unpaired) electrons. The lowest BCUT2D eigenvalue weighted by Crippen LogP contribution is -2.27. The van der Waals surface area contributed by atoms with Crippen LogP contribution in [0.25, 0.3) is 5.69 Å². The van der Waals surface area contributed by atoms with Gasteiger partial charge in [0.15, 0.2) is 6.79 Å². The van der Waals surface area contributed by atoms with Crippen LogP contribution in [0.3, 0.4) is 0 Å². The first-order valence-corrected chi connectivity index (χ1v) is 8.61. The summed E-state index contributed by atoms with van der Waals surface area (Å²) >= 11 is 0. The third-order valence-corrected chi connectivity index (χ3v) is 4.33. The predicted molar refractivity (Wildman–Crippen MR) is 96.3 cm³/mol. The van der Waals surface area contributed by atoms with Crippen molar-refractivity contribution in [1.29, 1.82) is 0 Å². The Hall–Kier alpha value is -3.19. The molecule has 1 aromatic heterocycles. The minimum Gasteiger partial charge on any atom is -0.467 e. The van der Waals surface area contributed by atoms with Crippen molar-refractivity contribution in [3.8, 4) is 11.4 Å². The van der Waals surface area contributed by atoms with Crippen LogP contribution >= 0.6 is 0 Å². The molecule has 3 aromatic rings. The number of halogens is 1. The molecule has 1 aliphatic rings. The molecule has 27 heavy (non-hydrogen) atoms. The van der Waals surface area contributed by atoms with Gasteiger partial charge in [-0.25, -0.2) is 9.07 Å². The summed E-state index contributed by atoms with van der Waals surface area (Å²) in [5, 5.41) is 7.07. The van der Waals surface area contributed by atoms with E-state index in [0.29, 0.717) is 47.7 Å². The number of rotatable bonds is 5. The van der Waals surface area contributed by atoms with Crippen molar-refractivity contribution in [2.45, 2.75) is 13.0 Å². The number of carbonyl (C=O) groups excluding carboxylic acids is 1. The number of aromatic nitrogens is 2. The fraction of sp³-hybridized carbons (Fsp3) is 0.200. The van der Waals surface area contributed by atoms with E-state index >= 15 is 0 Å². The van der Waals surface area contributed by atoms with E-state index in [4.69, 9.17) is 9.47 Å². The van der Waals surface area contributed by atoms with Gasteiger partial charge in [-0.2, -0.15) is 5.10 Å². The molecular weight excluding hydrogens is 349 g/mol. The van der Waals surface area contributed by atoms with E-state index < -0.39 is 0 Å².